The fraction of sp³-hybridized carbons (Fsp3) is 0.263. The average Bonchev–Trinajstić information content (AvgIpc) is 2.72. The van der Waals surface area contributed by atoms with Crippen LogP contribution in [0.15, 0.2) is 48.5 Å². The molecular formula is C19H18N2O6. The molecule has 0 atom stereocenters. The molecule has 0 aromatic heterocycles. The molecule has 27 heavy (non-hydrogen) atoms. The number of ketones is 1. The van der Waals surface area contributed by atoms with Crippen molar-refractivity contribution in [1.82, 2.24) is 0 Å². The molecule has 2 aromatic carbocycles. The Hall–Kier alpha value is -3.26. The summed E-state index contributed by atoms with van der Waals surface area (Å²) < 4.78 is 10.3. The lowest BCUT2D eigenvalue weighted by atomic mass is 10.1. The van der Waals surface area contributed by atoms with Crippen molar-refractivity contribution in [2.75, 3.05) is 37.8 Å². The van der Waals surface area contributed by atoms with Crippen LogP contribution in [-0.2, 0) is 9.47 Å². The number of rotatable bonds is 6. The van der Waals surface area contributed by atoms with Gasteiger partial charge in [-0.2, -0.15) is 0 Å². The third kappa shape index (κ3) is 4.48. The highest BCUT2D eigenvalue weighted by molar-refractivity contribution is 5.99. The van der Waals surface area contributed by atoms with Gasteiger partial charge in [0.25, 0.3) is 5.69 Å². The van der Waals surface area contributed by atoms with E-state index in [-0.39, 0.29) is 17.0 Å². The molecule has 0 aliphatic carbocycles. The summed E-state index contributed by atoms with van der Waals surface area (Å²) in [6.07, 6.45) is 0. The number of anilines is 1. The van der Waals surface area contributed by atoms with Gasteiger partial charge in [0.05, 0.1) is 23.7 Å². The van der Waals surface area contributed by atoms with Gasteiger partial charge in [-0.1, -0.05) is 30.3 Å². The summed E-state index contributed by atoms with van der Waals surface area (Å²) in [6.45, 7) is 1.62. The second-order valence-corrected chi connectivity index (χ2v) is 5.93. The number of hydrogen-bond donors (Lipinski definition) is 0. The first-order valence-electron chi connectivity index (χ1n) is 8.43. The van der Waals surface area contributed by atoms with Gasteiger partial charge in [-0.25, -0.2) is 4.79 Å². The van der Waals surface area contributed by atoms with Crippen LogP contribution < -0.4 is 4.90 Å². The third-order valence-corrected chi connectivity index (χ3v) is 4.19. The first-order valence-corrected chi connectivity index (χ1v) is 8.43. The molecule has 8 heteroatoms. The maximum absolute atomic E-state index is 12.2. The summed E-state index contributed by atoms with van der Waals surface area (Å²) in [5.41, 5.74) is 0.708. The van der Waals surface area contributed by atoms with E-state index in [4.69, 9.17) is 9.47 Å². The zero-order chi connectivity index (χ0) is 19.2. The van der Waals surface area contributed by atoms with E-state index in [1.807, 2.05) is 4.90 Å². The molecule has 0 spiro atoms. The molecule has 0 saturated carbocycles. The molecule has 0 amide bonds. The topological polar surface area (TPSA) is 99.0 Å². The summed E-state index contributed by atoms with van der Waals surface area (Å²) in [5, 5.41) is 11.4. The van der Waals surface area contributed by atoms with E-state index in [0.29, 0.717) is 37.6 Å². The number of carbonyl (C=O) groups is 2. The number of Topliss-reactive ketones (excluding diaryl/α,β-unsaturated/α-hetero) is 1. The summed E-state index contributed by atoms with van der Waals surface area (Å²) in [7, 11) is 0. The summed E-state index contributed by atoms with van der Waals surface area (Å²) in [4.78, 5) is 37.0. The van der Waals surface area contributed by atoms with E-state index in [2.05, 4.69) is 0 Å². The van der Waals surface area contributed by atoms with Crippen molar-refractivity contribution < 1.29 is 24.0 Å². The van der Waals surface area contributed by atoms with E-state index in [1.54, 1.807) is 30.3 Å². The fourth-order valence-electron chi connectivity index (χ4n) is 2.79. The monoisotopic (exact) mass is 370 g/mol. The van der Waals surface area contributed by atoms with Crippen LogP contribution in [-0.4, -0.2) is 49.6 Å². The van der Waals surface area contributed by atoms with Crippen molar-refractivity contribution >= 4 is 23.1 Å². The van der Waals surface area contributed by atoms with Gasteiger partial charge in [0.2, 0.25) is 0 Å². The number of nitro groups is 1. The minimum Gasteiger partial charge on any atom is -0.454 e. The second kappa shape index (κ2) is 8.41. The molecular weight excluding hydrogens is 352 g/mol. The van der Waals surface area contributed by atoms with Crippen molar-refractivity contribution in [2.24, 2.45) is 0 Å². The highest BCUT2D eigenvalue weighted by atomic mass is 16.6. The smallest absolute Gasteiger partial charge is 0.338 e. The van der Waals surface area contributed by atoms with Gasteiger partial charge in [0, 0.05) is 24.7 Å². The van der Waals surface area contributed by atoms with Crippen molar-refractivity contribution in [1.29, 1.82) is 0 Å². The van der Waals surface area contributed by atoms with Gasteiger partial charge in [0.1, 0.15) is 5.69 Å². The molecule has 0 unspecified atom stereocenters. The lowest BCUT2D eigenvalue weighted by molar-refractivity contribution is -0.384. The van der Waals surface area contributed by atoms with Crippen LogP contribution in [0, 0.1) is 10.1 Å². The van der Waals surface area contributed by atoms with Crippen LogP contribution in [0.2, 0.25) is 0 Å². The first-order chi connectivity index (χ1) is 13.1. The Morgan fingerprint density at radius 2 is 1.78 bits per heavy atom. The molecule has 8 nitrogen and oxygen atoms in total. The Labute approximate surface area is 155 Å². The SMILES string of the molecule is O=C(COC(=O)c1ccc(N2CCOCC2)c([N+](=O)[O-])c1)c1ccccc1. The van der Waals surface area contributed by atoms with Crippen molar-refractivity contribution in [2.45, 2.75) is 0 Å². The normalized spacial score (nSPS) is 13.9. The highest BCUT2D eigenvalue weighted by Gasteiger charge is 2.24. The number of morpholine rings is 1. The molecule has 0 bridgehead atoms. The van der Waals surface area contributed by atoms with E-state index >= 15 is 0 Å². The zero-order valence-corrected chi connectivity index (χ0v) is 14.5. The number of benzene rings is 2. The van der Waals surface area contributed by atoms with Crippen molar-refractivity contribution in [3.8, 4) is 0 Å². The number of carbonyl (C=O) groups excluding carboxylic acids is 2. The first kappa shape index (κ1) is 18.5. The molecule has 1 saturated heterocycles. The maximum Gasteiger partial charge on any atom is 0.338 e. The van der Waals surface area contributed by atoms with Gasteiger partial charge in [0.15, 0.2) is 12.4 Å². The van der Waals surface area contributed by atoms with Crippen LogP contribution in [0.1, 0.15) is 20.7 Å². The predicted octanol–water partition coefficient (Wildman–Crippen LogP) is 2.47. The molecule has 2 aromatic rings. The van der Waals surface area contributed by atoms with Crippen molar-refractivity contribution in [3.63, 3.8) is 0 Å². The maximum atomic E-state index is 12.2. The predicted molar refractivity (Wildman–Crippen MR) is 97.2 cm³/mol. The molecule has 1 heterocycles. The number of nitrogens with zero attached hydrogens (tertiary/aromatic N) is 2. The number of esters is 1. The van der Waals surface area contributed by atoms with Crippen LogP contribution in [0.5, 0.6) is 0 Å². The quantitative estimate of drug-likeness (QED) is 0.333. The van der Waals surface area contributed by atoms with Gasteiger partial charge in [-0.15, -0.1) is 0 Å². The lowest BCUT2D eigenvalue weighted by Gasteiger charge is -2.28. The Balaban J connectivity index is 1.72. The minimum atomic E-state index is -0.782. The number of nitro benzene ring substituents is 1. The molecule has 1 aliphatic rings. The molecule has 0 N–H and O–H groups in total. The molecule has 0 radical (unpaired) electrons. The largest absolute Gasteiger partial charge is 0.454 e. The highest BCUT2D eigenvalue weighted by Crippen LogP contribution is 2.30. The number of hydrogen-bond acceptors (Lipinski definition) is 7. The average molecular weight is 370 g/mol. The van der Waals surface area contributed by atoms with Gasteiger partial charge in [-0.3, -0.25) is 14.9 Å². The van der Waals surface area contributed by atoms with Gasteiger partial charge >= 0.3 is 5.97 Å². The molecule has 3 rings (SSSR count). The minimum absolute atomic E-state index is 0.0274. The third-order valence-electron chi connectivity index (χ3n) is 4.19. The van der Waals surface area contributed by atoms with Crippen LogP contribution in [0.4, 0.5) is 11.4 Å². The molecule has 1 aliphatic heterocycles. The Morgan fingerprint density at radius 3 is 2.44 bits per heavy atom. The van der Waals surface area contributed by atoms with Crippen LogP contribution in [0.25, 0.3) is 0 Å². The second-order valence-electron chi connectivity index (χ2n) is 5.93. The Kier molecular flexibility index (Phi) is 5.77. The summed E-state index contributed by atoms with van der Waals surface area (Å²) in [5.74, 6) is -1.13. The van der Waals surface area contributed by atoms with E-state index in [1.165, 1.54) is 18.2 Å². The number of ether oxygens (including phenoxy) is 2. The molecule has 140 valence electrons. The Bertz CT molecular complexity index is 847. The van der Waals surface area contributed by atoms with E-state index in [9.17, 15) is 19.7 Å². The van der Waals surface area contributed by atoms with E-state index in [0.717, 1.165) is 0 Å². The summed E-state index contributed by atoms with van der Waals surface area (Å²) in [6, 6.07) is 12.6. The van der Waals surface area contributed by atoms with Crippen molar-refractivity contribution in [3.05, 3.63) is 69.8 Å². The lowest BCUT2D eigenvalue weighted by Crippen LogP contribution is -2.36. The van der Waals surface area contributed by atoms with Gasteiger partial charge < -0.3 is 14.4 Å². The van der Waals surface area contributed by atoms with Crippen LogP contribution in [0.3, 0.4) is 0 Å². The Morgan fingerprint density at radius 1 is 1.07 bits per heavy atom. The fourth-order valence-corrected chi connectivity index (χ4v) is 2.79. The molecule has 1 fully saturated rings. The standard InChI is InChI=1S/C19H18N2O6/c22-18(14-4-2-1-3-5-14)13-27-19(23)15-6-7-16(17(12-15)21(24)25)20-8-10-26-11-9-20/h1-7,12H,8-11,13H2. The summed E-state index contributed by atoms with van der Waals surface area (Å²) >= 11 is 0. The van der Waals surface area contributed by atoms with Gasteiger partial charge in [-0.05, 0) is 12.1 Å². The van der Waals surface area contributed by atoms with Crippen LogP contribution >= 0.6 is 0 Å². The van der Waals surface area contributed by atoms with E-state index < -0.39 is 17.5 Å². The zero-order valence-electron chi connectivity index (χ0n) is 14.5.